The highest BCUT2D eigenvalue weighted by Gasteiger charge is 2.20. The highest BCUT2D eigenvalue weighted by atomic mass is 16.6. The number of hydrogen-bond donors (Lipinski definition) is 1. The Labute approximate surface area is 168 Å². The van der Waals surface area contributed by atoms with Gasteiger partial charge in [-0.25, -0.2) is 0 Å². The molecule has 2 aromatic carbocycles. The molecule has 154 valence electrons. The van der Waals surface area contributed by atoms with Gasteiger partial charge in [0.1, 0.15) is 5.75 Å². The van der Waals surface area contributed by atoms with Gasteiger partial charge < -0.3 is 5.11 Å². The third-order valence-electron chi connectivity index (χ3n) is 5.08. The van der Waals surface area contributed by atoms with Crippen LogP contribution in [-0.2, 0) is 0 Å². The Morgan fingerprint density at radius 1 is 0.931 bits per heavy atom. The number of benzene rings is 2. The van der Waals surface area contributed by atoms with Gasteiger partial charge in [-0.05, 0) is 54.0 Å². The zero-order valence-electron chi connectivity index (χ0n) is 16.8. The van der Waals surface area contributed by atoms with Crippen LogP contribution in [0.3, 0.4) is 0 Å². The fourth-order valence-corrected chi connectivity index (χ4v) is 2.88. The van der Waals surface area contributed by atoms with Gasteiger partial charge in [-0.2, -0.15) is 5.11 Å². The van der Waals surface area contributed by atoms with E-state index in [9.17, 15) is 25.3 Å². The van der Waals surface area contributed by atoms with Crippen molar-refractivity contribution in [3.63, 3.8) is 0 Å². The number of phenolic OH excluding ortho intramolecular Hbond substituents is 1. The summed E-state index contributed by atoms with van der Waals surface area (Å²) in [4.78, 5) is 20.7. The second kappa shape index (κ2) is 9.22. The van der Waals surface area contributed by atoms with Gasteiger partial charge >= 0.3 is 5.69 Å². The van der Waals surface area contributed by atoms with Crippen LogP contribution in [0.1, 0.15) is 63.5 Å². The first kappa shape index (κ1) is 21.9. The number of nitrogens with zero attached hydrogens (tertiary/aromatic N) is 4. The second-order valence-corrected chi connectivity index (χ2v) is 6.98. The number of phenols is 1. The van der Waals surface area contributed by atoms with E-state index in [4.69, 9.17) is 0 Å². The van der Waals surface area contributed by atoms with Crippen LogP contribution in [0.2, 0.25) is 0 Å². The molecular weight excluding hydrogens is 376 g/mol. The van der Waals surface area contributed by atoms with Crippen LogP contribution in [0.5, 0.6) is 5.75 Å². The molecule has 9 nitrogen and oxygen atoms in total. The second-order valence-electron chi connectivity index (χ2n) is 6.98. The first-order valence-electron chi connectivity index (χ1n) is 9.40. The Kier molecular flexibility index (Phi) is 6.98. The van der Waals surface area contributed by atoms with E-state index in [1.165, 1.54) is 6.07 Å². The Morgan fingerprint density at radius 3 is 1.93 bits per heavy atom. The molecule has 29 heavy (non-hydrogen) atoms. The minimum Gasteiger partial charge on any atom is -0.507 e. The predicted molar refractivity (Wildman–Crippen MR) is 109 cm³/mol. The lowest BCUT2D eigenvalue weighted by atomic mass is 9.89. The molecule has 2 unspecified atom stereocenters. The highest BCUT2D eigenvalue weighted by molar-refractivity contribution is 5.62. The van der Waals surface area contributed by atoms with Gasteiger partial charge in [-0.15, -0.1) is 5.11 Å². The molecule has 0 heterocycles. The minimum atomic E-state index is -0.729. The smallest absolute Gasteiger partial charge is 0.303 e. The van der Waals surface area contributed by atoms with Crippen LogP contribution in [0.4, 0.5) is 22.7 Å². The molecule has 0 aliphatic heterocycles. The van der Waals surface area contributed by atoms with E-state index in [0.29, 0.717) is 5.69 Å². The molecule has 0 fully saturated rings. The van der Waals surface area contributed by atoms with E-state index in [-0.39, 0.29) is 23.3 Å². The van der Waals surface area contributed by atoms with Crippen LogP contribution in [0.25, 0.3) is 0 Å². The Hall–Kier alpha value is -3.36. The summed E-state index contributed by atoms with van der Waals surface area (Å²) in [5.74, 6) is 0.442. The maximum Gasteiger partial charge on any atom is 0.303 e. The van der Waals surface area contributed by atoms with Crippen LogP contribution in [0.15, 0.2) is 40.6 Å². The van der Waals surface area contributed by atoms with Crippen molar-refractivity contribution in [1.29, 1.82) is 0 Å². The van der Waals surface area contributed by atoms with Crippen molar-refractivity contribution in [2.24, 2.45) is 10.2 Å². The van der Waals surface area contributed by atoms with Crippen molar-refractivity contribution in [2.75, 3.05) is 0 Å². The molecule has 0 amide bonds. The van der Waals surface area contributed by atoms with E-state index in [2.05, 4.69) is 10.2 Å². The topological polar surface area (TPSA) is 131 Å². The summed E-state index contributed by atoms with van der Waals surface area (Å²) in [7, 11) is 0. The van der Waals surface area contributed by atoms with Gasteiger partial charge in [0.05, 0.1) is 21.6 Å². The molecule has 2 aromatic rings. The first-order valence-corrected chi connectivity index (χ1v) is 9.40. The highest BCUT2D eigenvalue weighted by Crippen LogP contribution is 2.40. The molecule has 0 aliphatic rings. The van der Waals surface area contributed by atoms with Gasteiger partial charge in [0, 0.05) is 6.07 Å². The molecule has 0 saturated heterocycles. The Balaban J connectivity index is 2.54. The lowest BCUT2D eigenvalue weighted by molar-refractivity contribution is -0.393. The SMILES string of the molecule is CCC(C)c1cc(N=Nc2ccc([N+](=O)[O-])cc2[N+](=O)[O-])cc(C(C)CC)c1O. The average Bonchev–Trinajstić information content (AvgIpc) is 2.71. The number of azo groups is 1. The monoisotopic (exact) mass is 400 g/mol. The van der Waals surface area contributed by atoms with E-state index < -0.39 is 21.2 Å². The molecule has 2 rings (SSSR count). The molecular formula is C20H24N4O5. The van der Waals surface area contributed by atoms with Crippen molar-refractivity contribution in [2.45, 2.75) is 52.4 Å². The van der Waals surface area contributed by atoms with Crippen molar-refractivity contribution in [3.05, 3.63) is 61.7 Å². The normalized spacial score (nSPS) is 13.4. The van der Waals surface area contributed by atoms with Crippen molar-refractivity contribution in [1.82, 2.24) is 0 Å². The molecule has 1 N–H and O–H groups in total. The summed E-state index contributed by atoms with van der Waals surface area (Å²) in [5.41, 5.74) is 0.990. The largest absolute Gasteiger partial charge is 0.507 e. The minimum absolute atomic E-state index is 0.0798. The van der Waals surface area contributed by atoms with Crippen LogP contribution >= 0.6 is 0 Å². The molecule has 0 aromatic heterocycles. The summed E-state index contributed by atoms with van der Waals surface area (Å²) in [6, 6.07) is 6.64. The van der Waals surface area contributed by atoms with Crippen LogP contribution < -0.4 is 0 Å². The molecule has 0 radical (unpaired) electrons. The summed E-state index contributed by atoms with van der Waals surface area (Å²) in [6.07, 6.45) is 1.64. The first-order chi connectivity index (χ1) is 13.7. The van der Waals surface area contributed by atoms with Gasteiger partial charge in [0.2, 0.25) is 0 Å². The number of hydrogen-bond acceptors (Lipinski definition) is 7. The summed E-state index contributed by atoms with van der Waals surface area (Å²) < 4.78 is 0. The molecule has 0 spiro atoms. The van der Waals surface area contributed by atoms with E-state index >= 15 is 0 Å². The fraction of sp³-hybridized carbons (Fsp3) is 0.400. The van der Waals surface area contributed by atoms with Gasteiger partial charge in [-0.1, -0.05) is 27.7 Å². The summed E-state index contributed by atoms with van der Waals surface area (Å²) in [6.45, 7) is 8.03. The zero-order chi connectivity index (χ0) is 21.7. The molecule has 0 aliphatic carbocycles. The fourth-order valence-electron chi connectivity index (χ4n) is 2.88. The van der Waals surface area contributed by atoms with Crippen molar-refractivity contribution >= 4 is 22.7 Å². The van der Waals surface area contributed by atoms with Crippen molar-refractivity contribution < 1.29 is 15.0 Å². The number of nitro benzene ring substituents is 2. The molecule has 2 atom stereocenters. The Bertz CT molecular complexity index is 927. The number of non-ortho nitro benzene ring substituents is 1. The third-order valence-corrected chi connectivity index (χ3v) is 5.08. The third kappa shape index (κ3) is 4.92. The number of rotatable bonds is 8. The van der Waals surface area contributed by atoms with Gasteiger partial charge in [0.15, 0.2) is 5.69 Å². The maximum atomic E-state index is 11.3. The maximum absolute atomic E-state index is 11.3. The molecule has 0 saturated carbocycles. The standard InChI is InChI=1S/C20H24N4O5/c1-5-12(3)16-9-14(10-17(20(16)25)13(4)6-2)21-22-18-8-7-15(23(26)27)11-19(18)24(28)29/h7-13,25H,5-6H2,1-4H3. The summed E-state index contributed by atoms with van der Waals surface area (Å²) in [5, 5.41) is 40.9. The lowest BCUT2D eigenvalue weighted by Gasteiger charge is -2.18. The predicted octanol–water partition coefficient (Wildman–Crippen LogP) is 6.65. The summed E-state index contributed by atoms with van der Waals surface area (Å²) >= 11 is 0. The molecule has 0 bridgehead atoms. The average molecular weight is 400 g/mol. The van der Waals surface area contributed by atoms with Crippen molar-refractivity contribution in [3.8, 4) is 5.75 Å². The van der Waals surface area contributed by atoms with E-state index in [1.54, 1.807) is 12.1 Å². The molecule has 9 heteroatoms. The quantitative estimate of drug-likeness (QED) is 0.301. The van der Waals surface area contributed by atoms with Gasteiger partial charge in [0.25, 0.3) is 5.69 Å². The number of aromatic hydroxyl groups is 1. The number of nitro groups is 2. The zero-order valence-corrected chi connectivity index (χ0v) is 16.8. The van der Waals surface area contributed by atoms with Crippen LogP contribution in [0, 0.1) is 20.2 Å². The van der Waals surface area contributed by atoms with E-state index in [0.717, 1.165) is 36.1 Å². The van der Waals surface area contributed by atoms with E-state index in [1.807, 2.05) is 27.7 Å². The van der Waals surface area contributed by atoms with Gasteiger partial charge in [-0.3, -0.25) is 20.2 Å². The lowest BCUT2D eigenvalue weighted by Crippen LogP contribution is -1.98. The van der Waals surface area contributed by atoms with Crippen LogP contribution in [-0.4, -0.2) is 15.0 Å². The Morgan fingerprint density at radius 2 is 1.48 bits per heavy atom.